The number of hydrogen-bond donors (Lipinski definition) is 1. The van der Waals surface area contributed by atoms with E-state index >= 15 is 0 Å². The Morgan fingerprint density at radius 3 is 2.64 bits per heavy atom. The molecule has 0 bridgehead atoms. The van der Waals surface area contributed by atoms with Crippen molar-refractivity contribution in [3.05, 3.63) is 59.0 Å². The number of amides is 1. The summed E-state index contributed by atoms with van der Waals surface area (Å²) >= 11 is 1.84. The Morgan fingerprint density at radius 2 is 2.00 bits per heavy atom. The number of aromatic carboxylic acids is 1. The average molecular weight is 359 g/mol. The first-order valence-electron chi connectivity index (χ1n) is 8.30. The molecule has 0 aliphatic carbocycles. The number of hydrogen-bond acceptors (Lipinski definition) is 4. The van der Waals surface area contributed by atoms with Gasteiger partial charge in [-0.05, 0) is 43.2 Å². The third-order valence-corrected chi connectivity index (χ3v) is 5.39. The van der Waals surface area contributed by atoms with Crippen molar-refractivity contribution in [1.82, 2.24) is 4.90 Å². The summed E-state index contributed by atoms with van der Waals surface area (Å²) in [4.78, 5) is 25.5. The molecule has 1 aromatic heterocycles. The molecule has 1 atom stereocenters. The molecule has 1 fully saturated rings. The Labute approximate surface area is 151 Å². The predicted octanol–water partition coefficient (Wildman–Crippen LogP) is 3.54. The standard InChI is InChI=1S/C19H21NO4S/c1-13-2-8-17(24-13)16-12-25-11-10-20(16)18(21)9-5-14-3-6-15(7-4-14)19(22)23/h2-4,6-8,16H,5,9-12H2,1H3,(H,22,23). The molecule has 2 aromatic rings. The first-order valence-corrected chi connectivity index (χ1v) is 9.46. The van der Waals surface area contributed by atoms with E-state index in [1.165, 1.54) is 0 Å². The summed E-state index contributed by atoms with van der Waals surface area (Å²) in [5, 5.41) is 8.93. The summed E-state index contributed by atoms with van der Waals surface area (Å²) in [7, 11) is 0. The van der Waals surface area contributed by atoms with Gasteiger partial charge in [-0.15, -0.1) is 0 Å². The van der Waals surface area contributed by atoms with Gasteiger partial charge in [-0.2, -0.15) is 11.8 Å². The van der Waals surface area contributed by atoms with Crippen molar-refractivity contribution in [2.45, 2.75) is 25.8 Å². The van der Waals surface area contributed by atoms with Gasteiger partial charge in [0.1, 0.15) is 11.5 Å². The van der Waals surface area contributed by atoms with Crippen molar-refractivity contribution in [2.24, 2.45) is 0 Å². The van der Waals surface area contributed by atoms with E-state index in [-0.39, 0.29) is 17.5 Å². The lowest BCUT2D eigenvalue weighted by atomic mass is 10.1. The van der Waals surface area contributed by atoms with E-state index in [9.17, 15) is 9.59 Å². The molecule has 132 valence electrons. The Hall–Kier alpha value is -2.21. The minimum Gasteiger partial charge on any atom is -0.478 e. The molecule has 6 heteroatoms. The van der Waals surface area contributed by atoms with Crippen LogP contribution in [0.2, 0.25) is 0 Å². The average Bonchev–Trinajstić information content (AvgIpc) is 3.06. The van der Waals surface area contributed by atoms with Gasteiger partial charge in [0.2, 0.25) is 5.91 Å². The SMILES string of the molecule is Cc1ccc(C2CSCCN2C(=O)CCc2ccc(C(=O)O)cc2)o1. The highest BCUT2D eigenvalue weighted by Crippen LogP contribution is 2.31. The van der Waals surface area contributed by atoms with E-state index in [0.29, 0.717) is 12.8 Å². The molecule has 1 amide bonds. The Bertz CT molecular complexity index is 753. The molecule has 0 radical (unpaired) electrons. The fraction of sp³-hybridized carbons (Fsp3) is 0.368. The molecular weight excluding hydrogens is 338 g/mol. The zero-order valence-electron chi connectivity index (χ0n) is 14.1. The van der Waals surface area contributed by atoms with Gasteiger partial charge >= 0.3 is 5.97 Å². The predicted molar refractivity (Wildman–Crippen MR) is 96.9 cm³/mol. The third kappa shape index (κ3) is 4.25. The lowest BCUT2D eigenvalue weighted by molar-refractivity contribution is -0.133. The van der Waals surface area contributed by atoms with E-state index in [1.807, 2.05) is 35.7 Å². The van der Waals surface area contributed by atoms with Crippen molar-refractivity contribution >= 4 is 23.6 Å². The van der Waals surface area contributed by atoms with Crippen LogP contribution in [0.25, 0.3) is 0 Å². The van der Waals surface area contributed by atoms with Crippen LogP contribution >= 0.6 is 11.8 Å². The van der Waals surface area contributed by atoms with Crippen LogP contribution in [0.3, 0.4) is 0 Å². The van der Waals surface area contributed by atoms with Gasteiger partial charge in [-0.25, -0.2) is 4.79 Å². The van der Waals surface area contributed by atoms with E-state index in [0.717, 1.165) is 35.1 Å². The van der Waals surface area contributed by atoms with Gasteiger partial charge in [0, 0.05) is 24.5 Å². The molecule has 0 saturated carbocycles. The lowest BCUT2D eigenvalue weighted by Gasteiger charge is -2.34. The molecule has 1 aromatic carbocycles. The number of carboxylic acids is 1. The van der Waals surface area contributed by atoms with Gasteiger partial charge in [0.05, 0.1) is 11.6 Å². The van der Waals surface area contributed by atoms with Crippen LogP contribution in [0.4, 0.5) is 0 Å². The zero-order chi connectivity index (χ0) is 17.8. The fourth-order valence-electron chi connectivity index (χ4n) is 2.98. The quantitative estimate of drug-likeness (QED) is 0.884. The third-order valence-electron chi connectivity index (χ3n) is 4.37. The summed E-state index contributed by atoms with van der Waals surface area (Å²) in [5.74, 6) is 2.67. The maximum absolute atomic E-state index is 12.7. The highest BCUT2D eigenvalue weighted by Gasteiger charge is 2.30. The summed E-state index contributed by atoms with van der Waals surface area (Å²) in [6, 6.07) is 10.6. The van der Waals surface area contributed by atoms with E-state index in [1.54, 1.807) is 24.3 Å². The van der Waals surface area contributed by atoms with Crippen LogP contribution in [0.15, 0.2) is 40.8 Å². The van der Waals surface area contributed by atoms with Crippen LogP contribution in [-0.2, 0) is 11.2 Å². The Morgan fingerprint density at radius 1 is 1.24 bits per heavy atom. The minimum atomic E-state index is -0.940. The number of carbonyl (C=O) groups is 2. The molecule has 0 spiro atoms. The van der Waals surface area contributed by atoms with Crippen molar-refractivity contribution < 1.29 is 19.1 Å². The molecule has 2 heterocycles. The number of carboxylic acid groups (broad SMARTS) is 1. The van der Waals surface area contributed by atoms with E-state index < -0.39 is 5.97 Å². The highest BCUT2D eigenvalue weighted by molar-refractivity contribution is 7.99. The molecule has 1 N–H and O–H groups in total. The monoisotopic (exact) mass is 359 g/mol. The number of nitrogens with zero attached hydrogens (tertiary/aromatic N) is 1. The van der Waals surface area contributed by atoms with Crippen LogP contribution in [0.5, 0.6) is 0 Å². The summed E-state index contributed by atoms with van der Waals surface area (Å²) in [6.07, 6.45) is 1.01. The van der Waals surface area contributed by atoms with Crippen molar-refractivity contribution in [3.8, 4) is 0 Å². The van der Waals surface area contributed by atoms with Gasteiger partial charge in [0.25, 0.3) is 0 Å². The van der Waals surface area contributed by atoms with Crippen LogP contribution in [-0.4, -0.2) is 39.9 Å². The van der Waals surface area contributed by atoms with Gasteiger partial charge in [0.15, 0.2) is 0 Å². The molecule has 1 unspecified atom stereocenters. The Balaban J connectivity index is 1.63. The molecule has 1 saturated heterocycles. The summed E-state index contributed by atoms with van der Waals surface area (Å²) in [5.41, 5.74) is 1.23. The first-order chi connectivity index (χ1) is 12.0. The minimum absolute atomic E-state index is 0.00524. The topological polar surface area (TPSA) is 70.8 Å². The first kappa shape index (κ1) is 17.6. The van der Waals surface area contributed by atoms with Gasteiger partial charge in [-0.1, -0.05) is 12.1 Å². The maximum Gasteiger partial charge on any atom is 0.335 e. The number of furan rings is 1. The molecule has 5 nitrogen and oxygen atoms in total. The number of thioether (sulfide) groups is 1. The van der Waals surface area contributed by atoms with Crippen molar-refractivity contribution in [1.29, 1.82) is 0 Å². The molecule has 3 rings (SSSR count). The Kier molecular flexibility index (Phi) is 5.48. The fourth-order valence-corrected chi connectivity index (χ4v) is 4.04. The van der Waals surface area contributed by atoms with Gasteiger partial charge < -0.3 is 14.4 Å². The second-order valence-corrected chi connectivity index (χ2v) is 7.28. The molecule has 1 aliphatic rings. The van der Waals surface area contributed by atoms with Crippen molar-refractivity contribution in [3.63, 3.8) is 0 Å². The number of carbonyl (C=O) groups excluding carboxylic acids is 1. The van der Waals surface area contributed by atoms with E-state index in [4.69, 9.17) is 9.52 Å². The number of benzene rings is 1. The number of rotatable bonds is 5. The van der Waals surface area contributed by atoms with Crippen LogP contribution < -0.4 is 0 Å². The maximum atomic E-state index is 12.7. The molecule has 25 heavy (non-hydrogen) atoms. The van der Waals surface area contributed by atoms with Crippen molar-refractivity contribution in [2.75, 3.05) is 18.1 Å². The summed E-state index contributed by atoms with van der Waals surface area (Å²) < 4.78 is 5.74. The lowest BCUT2D eigenvalue weighted by Crippen LogP contribution is -2.40. The van der Waals surface area contributed by atoms with Gasteiger partial charge in [-0.3, -0.25) is 4.79 Å². The van der Waals surface area contributed by atoms with Crippen LogP contribution in [0, 0.1) is 6.92 Å². The smallest absolute Gasteiger partial charge is 0.335 e. The number of aryl methyl sites for hydroxylation is 2. The summed E-state index contributed by atoms with van der Waals surface area (Å²) in [6.45, 7) is 2.64. The molecular formula is C19H21NO4S. The largest absolute Gasteiger partial charge is 0.478 e. The highest BCUT2D eigenvalue weighted by atomic mass is 32.2. The molecule has 1 aliphatic heterocycles. The van der Waals surface area contributed by atoms with E-state index in [2.05, 4.69) is 0 Å². The van der Waals surface area contributed by atoms with Crippen LogP contribution in [0.1, 0.15) is 39.9 Å². The second-order valence-electron chi connectivity index (χ2n) is 6.13. The second kappa shape index (κ2) is 7.78. The zero-order valence-corrected chi connectivity index (χ0v) is 14.9. The normalized spacial score (nSPS) is 17.5.